The van der Waals surface area contributed by atoms with Crippen molar-refractivity contribution in [1.29, 1.82) is 0 Å². The van der Waals surface area contributed by atoms with E-state index >= 15 is 0 Å². The van der Waals surface area contributed by atoms with Gasteiger partial charge < -0.3 is 15.2 Å². The Balaban J connectivity index is 1.32. The number of benzene rings is 2. The predicted molar refractivity (Wildman–Crippen MR) is 137 cm³/mol. The molecule has 0 bridgehead atoms. The molecule has 0 unspecified atom stereocenters. The van der Waals surface area contributed by atoms with Crippen molar-refractivity contribution in [3.63, 3.8) is 0 Å². The molecular weight excluding hydrogens is 474 g/mol. The van der Waals surface area contributed by atoms with E-state index in [1.54, 1.807) is 6.20 Å². The third-order valence-corrected chi connectivity index (χ3v) is 8.19. The van der Waals surface area contributed by atoms with Gasteiger partial charge in [0.05, 0.1) is 21.7 Å². The summed E-state index contributed by atoms with van der Waals surface area (Å²) in [6, 6.07) is 11.5. The lowest BCUT2D eigenvalue weighted by molar-refractivity contribution is -0.114. The lowest BCUT2D eigenvalue weighted by Crippen LogP contribution is -2.15. The second kappa shape index (κ2) is 10.4. The fraction of sp³-hybridized carbons (Fsp3) is 0.217. The number of fused-ring (bicyclic) bond motifs is 1. The van der Waals surface area contributed by atoms with Crippen LogP contribution < -0.4 is 10.6 Å². The normalized spacial score (nSPS) is 11.0. The third-order valence-electron chi connectivity index (χ3n) is 4.97. The highest BCUT2D eigenvalue weighted by atomic mass is 32.2. The molecule has 33 heavy (non-hydrogen) atoms. The van der Waals surface area contributed by atoms with Gasteiger partial charge >= 0.3 is 0 Å². The van der Waals surface area contributed by atoms with Crippen LogP contribution in [0.25, 0.3) is 10.2 Å². The van der Waals surface area contributed by atoms with Crippen molar-refractivity contribution in [2.24, 2.45) is 7.05 Å². The number of amides is 2. The van der Waals surface area contributed by atoms with Crippen LogP contribution in [-0.4, -0.2) is 37.9 Å². The van der Waals surface area contributed by atoms with E-state index in [1.165, 1.54) is 34.9 Å². The van der Waals surface area contributed by atoms with Crippen molar-refractivity contribution in [1.82, 2.24) is 14.5 Å². The molecule has 0 radical (unpaired) electrons. The van der Waals surface area contributed by atoms with E-state index in [0.29, 0.717) is 0 Å². The van der Waals surface area contributed by atoms with Crippen LogP contribution in [0, 0.1) is 13.8 Å². The van der Waals surface area contributed by atoms with Crippen LogP contribution in [0.2, 0.25) is 0 Å². The van der Waals surface area contributed by atoms with Crippen molar-refractivity contribution in [2.75, 3.05) is 22.1 Å². The highest BCUT2D eigenvalue weighted by molar-refractivity contribution is 8.01. The minimum atomic E-state index is -0.0930. The number of carbonyl (C=O) groups excluding carboxylic acids is 2. The Hall–Kier alpha value is -2.82. The zero-order valence-corrected chi connectivity index (χ0v) is 20.9. The van der Waals surface area contributed by atoms with Crippen LogP contribution >= 0.6 is 34.9 Å². The van der Waals surface area contributed by atoms with Crippen LogP contribution in [0.5, 0.6) is 0 Å². The number of aryl methyl sites for hydroxylation is 2. The molecule has 0 aliphatic rings. The number of anilines is 2. The van der Waals surface area contributed by atoms with E-state index in [9.17, 15) is 9.59 Å². The Morgan fingerprint density at radius 3 is 2.64 bits per heavy atom. The van der Waals surface area contributed by atoms with Crippen molar-refractivity contribution in [3.05, 3.63) is 59.9 Å². The molecule has 10 heteroatoms. The summed E-state index contributed by atoms with van der Waals surface area (Å²) < 4.78 is 3.65. The molecule has 2 aromatic heterocycles. The van der Waals surface area contributed by atoms with E-state index in [1.807, 2.05) is 68.1 Å². The Bertz CT molecular complexity index is 1310. The molecule has 0 saturated heterocycles. The number of nitrogens with one attached hydrogen (secondary N) is 2. The molecule has 7 nitrogen and oxygen atoms in total. The Morgan fingerprint density at radius 2 is 1.85 bits per heavy atom. The molecule has 2 amide bonds. The van der Waals surface area contributed by atoms with Crippen molar-refractivity contribution in [2.45, 2.75) is 23.3 Å². The van der Waals surface area contributed by atoms with Crippen molar-refractivity contribution in [3.8, 4) is 0 Å². The molecule has 4 rings (SSSR count). The number of hydrogen-bond acceptors (Lipinski definition) is 7. The second-order valence-electron chi connectivity index (χ2n) is 7.40. The van der Waals surface area contributed by atoms with Crippen LogP contribution in [0.15, 0.2) is 58.3 Å². The van der Waals surface area contributed by atoms with Crippen LogP contribution in [-0.2, 0) is 16.6 Å². The number of nitrogens with zero attached hydrogens (tertiary/aromatic N) is 3. The fourth-order valence-electron chi connectivity index (χ4n) is 3.06. The highest BCUT2D eigenvalue weighted by Crippen LogP contribution is 2.31. The monoisotopic (exact) mass is 497 g/mol. The summed E-state index contributed by atoms with van der Waals surface area (Å²) in [6.45, 7) is 4.02. The number of carbonyl (C=O) groups is 2. The zero-order chi connectivity index (χ0) is 23.4. The molecule has 0 saturated carbocycles. The molecule has 0 spiro atoms. The molecule has 0 aliphatic heterocycles. The predicted octanol–water partition coefficient (Wildman–Crippen LogP) is 5.11. The number of aromatic nitrogens is 3. The first kappa shape index (κ1) is 23.3. The minimum Gasteiger partial charge on any atom is -0.329 e. The Morgan fingerprint density at radius 1 is 1.06 bits per heavy atom. The van der Waals surface area contributed by atoms with Gasteiger partial charge in [-0.2, -0.15) is 0 Å². The van der Waals surface area contributed by atoms with Gasteiger partial charge in [0.1, 0.15) is 0 Å². The minimum absolute atomic E-state index is 0.0638. The van der Waals surface area contributed by atoms with Gasteiger partial charge in [0.2, 0.25) is 11.8 Å². The highest BCUT2D eigenvalue weighted by Gasteiger charge is 2.12. The summed E-state index contributed by atoms with van der Waals surface area (Å²) in [4.78, 5) is 33.5. The van der Waals surface area contributed by atoms with Gasteiger partial charge in [0.25, 0.3) is 0 Å². The molecule has 4 aromatic rings. The summed E-state index contributed by atoms with van der Waals surface area (Å²) >= 11 is 4.30. The molecule has 2 aromatic carbocycles. The summed E-state index contributed by atoms with van der Waals surface area (Å²) in [5, 5.41) is 6.69. The van der Waals surface area contributed by atoms with Gasteiger partial charge in [-0.05, 0) is 49.2 Å². The average Bonchev–Trinajstić information content (AvgIpc) is 3.39. The van der Waals surface area contributed by atoms with E-state index < -0.39 is 0 Å². The Labute approximate surface area is 204 Å². The maximum absolute atomic E-state index is 12.4. The van der Waals surface area contributed by atoms with Crippen LogP contribution in [0.4, 0.5) is 11.4 Å². The van der Waals surface area contributed by atoms with E-state index in [0.717, 1.165) is 42.2 Å². The molecular formula is C23H23N5O2S3. The standard InChI is InChI=1S/C23H23N5O2S3/c1-14-5-4-6-17(15(14)2)26-21(30)13-32-23-27-18-8-7-16(11-19(18)33-23)25-20(29)12-31-22-24-9-10-28(22)3/h4-11H,12-13H2,1-3H3,(H,25,29)(H,26,30). The fourth-order valence-corrected chi connectivity index (χ4v) is 5.70. The molecule has 2 N–H and O–H groups in total. The average molecular weight is 498 g/mol. The maximum Gasteiger partial charge on any atom is 0.234 e. The Kier molecular flexibility index (Phi) is 7.36. The topological polar surface area (TPSA) is 88.9 Å². The number of rotatable bonds is 8. The van der Waals surface area contributed by atoms with Gasteiger partial charge in [-0.3, -0.25) is 9.59 Å². The van der Waals surface area contributed by atoms with Crippen molar-refractivity contribution >= 4 is 68.3 Å². The first-order valence-corrected chi connectivity index (χ1v) is 13.0. The van der Waals surface area contributed by atoms with Crippen molar-refractivity contribution < 1.29 is 9.59 Å². The number of hydrogen-bond donors (Lipinski definition) is 2. The first-order valence-electron chi connectivity index (χ1n) is 10.2. The van der Waals surface area contributed by atoms with Gasteiger partial charge in [-0.1, -0.05) is 35.7 Å². The zero-order valence-electron chi connectivity index (χ0n) is 18.4. The SMILES string of the molecule is Cc1cccc(NC(=O)CSc2nc3ccc(NC(=O)CSc4nccn4C)cc3s2)c1C. The van der Waals surface area contributed by atoms with E-state index in [2.05, 4.69) is 20.6 Å². The smallest absolute Gasteiger partial charge is 0.234 e. The number of imidazole rings is 1. The van der Waals surface area contributed by atoms with Crippen LogP contribution in [0.1, 0.15) is 11.1 Å². The van der Waals surface area contributed by atoms with Gasteiger partial charge in [-0.15, -0.1) is 11.3 Å². The van der Waals surface area contributed by atoms with Gasteiger partial charge in [-0.25, -0.2) is 9.97 Å². The van der Waals surface area contributed by atoms with E-state index in [4.69, 9.17) is 0 Å². The third kappa shape index (κ3) is 5.95. The maximum atomic E-state index is 12.4. The number of thioether (sulfide) groups is 2. The molecule has 0 aliphatic carbocycles. The molecule has 2 heterocycles. The lowest BCUT2D eigenvalue weighted by atomic mass is 10.1. The van der Waals surface area contributed by atoms with Gasteiger partial charge in [0.15, 0.2) is 9.50 Å². The first-order chi connectivity index (χ1) is 15.9. The van der Waals surface area contributed by atoms with Crippen LogP contribution in [0.3, 0.4) is 0 Å². The van der Waals surface area contributed by atoms with E-state index in [-0.39, 0.29) is 23.3 Å². The molecule has 170 valence electrons. The summed E-state index contributed by atoms with van der Waals surface area (Å²) in [5.74, 6) is 0.402. The number of thiazole rings is 1. The summed E-state index contributed by atoms with van der Waals surface area (Å²) in [7, 11) is 1.90. The second-order valence-corrected chi connectivity index (χ2v) is 10.6. The van der Waals surface area contributed by atoms with Gasteiger partial charge in [0, 0.05) is 30.8 Å². The molecule has 0 fully saturated rings. The lowest BCUT2D eigenvalue weighted by Gasteiger charge is -2.09. The summed E-state index contributed by atoms with van der Waals surface area (Å²) in [6.07, 6.45) is 3.56. The molecule has 0 atom stereocenters. The summed E-state index contributed by atoms with van der Waals surface area (Å²) in [5.41, 5.74) is 4.62. The quantitative estimate of drug-likeness (QED) is 0.329. The largest absolute Gasteiger partial charge is 0.329 e.